The van der Waals surface area contributed by atoms with Crippen molar-refractivity contribution in [2.24, 2.45) is 0 Å². The zero-order chi connectivity index (χ0) is 20.8. The van der Waals surface area contributed by atoms with Crippen molar-refractivity contribution >= 4 is 23.6 Å². The number of rotatable bonds is 7. The Kier molecular flexibility index (Phi) is 6.08. The molecule has 1 heterocycles. The van der Waals surface area contributed by atoms with E-state index in [0.29, 0.717) is 5.75 Å². The number of ether oxygens (including phenoxy) is 3. The Hall–Kier alpha value is -3.88. The van der Waals surface area contributed by atoms with Crippen LogP contribution >= 0.6 is 0 Å². The summed E-state index contributed by atoms with van der Waals surface area (Å²) in [6.07, 6.45) is 2.43. The van der Waals surface area contributed by atoms with Gasteiger partial charge in [-0.15, -0.1) is 0 Å². The molecule has 1 aliphatic rings. The van der Waals surface area contributed by atoms with E-state index in [0.717, 1.165) is 11.6 Å². The molecule has 29 heavy (non-hydrogen) atoms. The molecule has 1 aliphatic heterocycles. The highest BCUT2D eigenvalue weighted by atomic mass is 16.7. The molecular formula is C20H18N2O7. The van der Waals surface area contributed by atoms with E-state index in [1.807, 2.05) is 6.07 Å². The molecule has 1 amide bonds. The molecular weight excluding hydrogens is 380 g/mol. The number of benzene rings is 2. The molecule has 1 N–H and O–H groups in total. The molecule has 0 bridgehead atoms. The van der Waals surface area contributed by atoms with Crippen molar-refractivity contribution in [3.8, 4) is 11.5 Å². The fourth-order valence-corrected chi connectivity index (χ4v) is 2.81. The summed E-state index contributed by atoms with van der Waals surface area (Å²) in [6, 6.07) is 11.0. The SMILES string of the molecule is COC(=O)CC(NC(=O)C=Cc1cc2c(cc1[N+](=O)[O-])OCO2)c1ccccc1. The fourth-order valence-electron chi connectivity index (χ4n) is 2.81. The summed E-state index contributed by atoms with van der Waals surface area (Å²) in [5.74, 6) is -0.353. The molecule has 0 radical (unpaired) electrons. The molecule has 0 aliphatic carbocycles. The first kappa shape index (κ1) is 19.9. The van der Waals surface area contributed by atoms with E-state index >= 15 is 0 Å². The number of hydrogen-bond acceptors (Lipinski definition) is 7. The molecule has 0 saturated heterocycles. The third-order valence-electron chi connectivity index (χ3n) is 4.25. The quantitative estimate of drug-likeness (QED) is 0.330. The lowest BCUT2D eigenvalue weighted by molar-refractivity contribution is -0.385. The first-order chi connectivity index (χ1) is 14.0. The number of carbonyl (C=O) groups excluding carboxylic acids is 2. The maximum absolute atomic E-state index is 12.4. The number of nitrogens with zero attached hydrogens (tertiary/aromatic N) is 1. The smallest absolute Gasteiger partial charge is 0.307 e. The molecule has 0 fully saturated rings. The normalized spacial score (nSPS) is 13.1. The van der Waals surface area contributed by atoms with Crippen molar-refractivity contribution in [1.29, 1.82) is 0 Å². The summed E-state index contributed by atoms with van der Waals surface area (Å²) < 4.78 is 15.1. The van der Waals surface area contributed by atoms with Crippen LogP contribution in [0.2, 0.25) is 0 Å². The van der Waals surface area contributed by atoms with Gasteiger partial charge in [-0.05, 0) is 17.7 Å². The van der Waals surface area contributed by atoms with Gasteiger partial charge in [0.15, 0.2) is 11.5 Å². The highest BCUT2D eigenvalue weighted by Gasteiger charge is 2.22. The predicted octanol–water partition coefficient (Wildman–Crippen LogP) is 2.76. The van der Waals surface area contributed by atoms with Crippen LogP contribution in [0.25, 0.3) is 6.08 Å². The summed E-state index contributed by atoms with van der Waals surface area (Å²) in [5.41, 5.74) is 0.708. The highest BCUT2D eigenvalue weighted by Crippen LogP contribution is 2.38. The Morgan fingerprint density at radius 1 is 1.24 bits per heavy atom. The van der Waals surface area contributed by atoms with Crippen molar-refractivity contribution in [1.82, 2.24) is 5.32 Å². The van der Waals surface area contributed by atoms with E-state index < -0.39 is 22.8 Å². The average Bonchev–Trinajstić information content (AvgIpc) is 3.19. The van der Waals surface area contributed by atoms with Crippen molar-refractivity contribution in [2.45, 2.75) is 12.5 Å². The number of carbonyl (C=O) groups is 2. The highest BCUT2D eigenvalue weighted by molar-refractivity contribution is 5.93. The van der Waals surface area contributed by atoms with Crippen LogP contribution in [-0.4, -0.2) is 30.7 Å². The molecule has 2 aromatic rings. The lowest BCUT2D eigenvalue weighted by Crippen LogP contribution is -2.29. The molecule has 9 heteroatoms. The zero-order valence-electron chi connectivity index (χ0n) is 15.5. The van der Waals surface area contributed by atoms with Crippen LogP contribution in [0.3, 0.4) is 0 Å². The maximum Gasteiger partial charge on any atom is 0.307 e. The van der Waals surface area contributed by atoms with Crippen LogP contribution in [-0.2, 0) is 14.3 Å². The lowest BCUT2D eigenvalue weighted by Gasteiger charge is -2.17. The van der Waals surface area contributed by atoms with Crippen LogP contribution in [0.4, 0.5) is 5.69 Å². The van der Waals surface area contributed by atoms with Crippen molar-refractivity contribution in [2.75, 3.05) is 13.9 Å². The number of methoxy groups -OCH3 is 1. The molecule has 0 saturated carbocycles. The Balaban J connectivity index is 1.79. The van der Waals surface area contributed by atoms with E-state index in [1.54, 1.807) is 24.3 Å². The topological polar surface area (TPSA) is 117 Å². The molecule has 0 aromatic heterocycles. The summed E-state index contributed by atoms with van der Waals surface area (Å²) in [4.78, 5) is 34.8. The van der Waals surface area contributed by atoms with Crippen LogP contribution in [0.1, 0.15) is 23.6 Å². The lowest BCUT2D eigenvalue weighted by atomic mass is 10.0. The van der Waals surface area contributed by atoms with Gasteiger partial charge in [0.25, 0.3) is 5.69 Å². The van der Waals surface area contributed by atoms with Crippen molar-refractivity contribution in [3.05, 3.63) is 69.8 Å². The van der Waals surface area contributed by atoms with E-state index in [9.17, 15) is 19.7 Å². The monoisotopic (exact) mass is 398 g/mol. The van der Waals surface area contributed by atoms with Gasteiger partial charge in [0.1, 0.15) is 0 Å². The molecule has 9 nitrogen and oxygen atoms in total. The minimum absolute atomic E-state index is 0.0214. The van der Waals surface area contributed by atoms with Gasteiger partial charge < -0.3 is 19.5 Å². The molecule has 3 rings (SSSR count). The van der Waals surface area contributed by atoms with Crippen LogP contribution in [0.5, 0.6) is 11.5 Å². The number of nitro groups is 1. The second-order valence-electron chi connectivity index (χ2n) is 6.11. The fraction of sp³-hybridized carbons (Fsp3) is 0.200. The van der Waals surface area contributed by atoms with E-state index in [-0.39, 0.29) is 30.2 Å². The second kappa shape index (κ2) is 8.87. The van der Waals surface area contributed by atoms with Gasteiger partial charge in [-0.1, -0.05) is 30.3 Å². The summed E-state index contributed by atoms with van der Waals surface area (Å²) in [5, 5.41) is 14.0. The Morgan fingerprint density at radius 2 is 1.93 bits per heavy atom. The van der Waals surface area contributed by atoms with Gasteiger partial charge in [0, 0.05) is 6.08 Å². The first-order valence-electron chi connectivity index (χ1n) is 8.66. The third-order valence-corrected chi connectivity index (χ3v) is 4.25. The van der Waals surface area contributed by atoms with Crippen molar-refractivity contribution < 1.29 is 28.7 Å². The molecule has 1 unspecified atom stereocenters. The number of fused-ring (bicyclic) bond motifs is 1. The van der Waals surface area contributed by atoms with Crippen LogP contribution < -0.4 is 14.8 Å². The predicted molar refractivity (Wildman–Crippen MR) is 102 cm³/mol. The van der Waals surface area contributed by atoms with Gasteiger partial charge in [-0.2, -0.15) is 0 Å². The number of nitrogens with one attached hydrogen (secondary N) is 1. The minimum atomic E-state index is -0.604. The summed E-state index contributed by atoms with van der Waals surface area (Å²) in [6.45, 7) is -0.0214. The largest absolute Gasteiger partial charge is 0.469 e. The molecule has 2 aromatic carbocycles. The third kappa shape index (κ3) is 4.89. The Morgan fingerprint density at radius 3 is 2.59 bits per heavy atom. The summed E-state index contributed by atoms with van der Waals surface area (Å²) in [7, 11) is 1.27. The van der Waals surface area contributed by atoms with Crippen LogP contribution in [0.15, 0.2) is 48.5 Å². The standard InChI is InChI=1S/C20H18N2O7/c1-27-20(24)10-15(13-5-3-2-4-6-13)21-19(23)8-7-14-9-17-18(29-12-28-17)11-16(14)22(25)26/h2-9,11,15H,10,12H2,1H3,(H,21,23). The van der Waals surface area contributed by atoms with E-state index in [2.05, 4.69) is 10.1 Å². The van der Waals surface area contributed by atoms with Crippen LogP contribution in [0, 0.1) is 10.1 Å². The van der Waals surface area contributed by atoms with Crippen molar-refractivity contribution in [3.63, 3.8) is 0 Å². The molecule has 1 atom stereocenters. The number of amides is 1. The zero-order valence-corrected chi connectivity index (χ0v) is 15.5. The van der Waals surface area contributed by atoms with E-state index in [4.69, 9.17) is 9.47 Å². The van der Waals surface area contributed by atoms with Gasteiger partial charge in [0.05, 0.1) is 36.1 Å². The van der Waals surface area contributed by atoms with Gasteiger partial charge in [-0.25, -0.2) is 0 Å². The maximum atomic E-state index is 12.4. The first-order valence-corrected chi connectivity index (χ1v) is 8.66. The minimum Gasteiger partial charge on any atom is -0.469 e. The number of esters is 1. The molecule has 150 valence electrons. The average molecular weight is 398 g/mol. The van der Waals surface area contributed by atoms with Gasteiger partial charge in [0.2, 0.25) is 12.7 Å². The molecule has 0 spiro atoms. The van der Waals surface area contributed by atoms with Gasteiger partial charge in [-0.3, -0.25) is 19.7 Å². The number of hydrogen-bond donors (Lipinski definition) is 1. The van der Waals surface area contributed by atoms with Gasteiger partial charge >= 0.3 is 5.97 Å². The Bertz CT molecular complexity index is 957. The second-order valence-corrected chi connectivity index (χ2v) is 6.11. The Labute approximate surface area is 166 Å². The summed E-state index contributed by atoms with van der Waals surface area (Å²) >= 11 is 0. The number of nitro benzene ring substituents is 1. The van der Waals surface area contributed by atoms with E-state index in [1.165, 1.54) is 25.3 Å².